The number of furan rings is 1. The van der Waals surface area contributed by atoms with E-state index in [4.69, 9.17) is 14.4 Å². The zero-order chi connectivity index (χ0) is 45.0. The van der Waals surface area contributed by atoms with Gasteiger partial charge in [0.2, 0.25) is 0 Å². The molecule has 4 heteroatoms. The molecule has 1 aliphatic rings. The third-order valence-corrected chi connectivity index (χ3v) is 13.7. The highest BCUT2D eigenvalue weighted by Crippen LogP contribution is 2.56. The van der Waals surface area contributed by atoms with Gasteiger partial charge in [-0.1, -0.05) is 176 Å². The number of benzene rings is 9. The maximum atomic E-state index is 6.16. The molecule has 9 aromatic carbocycles. The number of rotatable bonds is 8. The number of para-hydroxylation sites is 1. The lowest BCUT2D eigenvalue weighted by Crippen LogP contribution is -2.28. The molecule has 13 rings (SSSR count). The fraction of sp³-hybridized carbons (Fsp3) is 0.0156. The van der Waals surface area contributed by atoms with Gasteiger partial charge in [-0.05, 0) is 127 Å². The molecule has 0 N–H and O–H groups in total. The molecule has 4 nitrogen and oxygen atoms in total. The summed E-state index contributed by atoms with van der Waals surface area (Å²) < 4.78 is 6.16. The Morgan fingerprint density at radius 1 is 0.309 bits per heavy atom. The zero-order valence-electron chi connectivity index (χ0n) is 36.9. The fourth-order valence-corrected chi connectivity index (χ4v) is 10.5. The van der Waals surface area contributed by atoms with E-state index in [-0.39, 0.29) is 0 Å². The molecular weight excluding hydrogens is 827 g/mol. The molecule has 0 unspecified atom stereocenters. The summed E-state index contributed by atoms with van der Waals surface area (Å²) in [6, 6.07) is 84.6. The van der Waals surface area contributed by atoms with Crippen molar-refractivity contribution in [2.45, 2.75) is 5.41 Å². The van der Waals surface area contributed by atoms with Crippen molar-refractivity contribution in [3.8, 4) is 78.4 Å². The maximum absolute atomic E-state index is 6.16. The number of hydrogen-bond donors (Lipinski definition) is 0. The van der Waals surface area contributed by atoms with Crippen LogP contribution in [0.4, 0.5) is 0 Å². The molecule has 68 heavy (non-hydrogen) atoms. The van der Waals surface area contributed by atoms with Crippen molar-refractivity contribution in [3.63, 3.8) is 0 Å². The van der Waals surface area contributed by atoms with Crippen LogP contribution in [0.2, 0.25) is 0 Å². The Hall–Kier alpha value is -8.99. The second-order valence-electron chi connectivity index (χ2n) is 17.5. The number of hydrogen-bond acceptors (Lipinski definition) is 4. The molecule has 0 aliphatic heterocycles. The van der Waals surface area contributed by atoms with E-state index in [1.807, 2.05) is 24.5 Å². The summed E-state index contributed by atoms with van der Waals surface area (Å²) in [6.45, 7) is 0. The number of aromatic nitrogens is 3. The predicted octanol–water partition coefficient (Wildman–Crippen LogP) is 16.1. The topological polar surface area (TPSA) is 51.8 Å². The van der Waals surface area contributed by atoms with Gasteiger partial charge < -0.3 is 4.42 Å². The minimum atomic E-state index is -0.547. The van der Waals surface area contributed by atoms with Gasteiger partial charge in [0.15, 0.2) is 5.82 Å². The summed E-state index contributed by atoms with van der Waals surface area (Å²) >= 11 is 0. The van der Waals surface area contributed by atoms with Crippen molar-refractivity contribution in [1.82, 2.24) is 15.0 Å². The molecule has 0 spiro atoms. The summed E-state index contributed by atoms with van der Waals surface area (Å²) in [6.07, 6.45) is 3.69. The molecule has 0 radical (unpaired) electrons. The Kier molecular flexibility index (Phi) is 9.36. The van der Waals surface area contributed by atoms with Crippen LogP contribution in [-0.2, 0) is 5.41 Å². The summed E-state index contributed by atoms with van der Waals surface area (Å²) in [4.78, 5) is 15.3. The van der Waals surface area contributed by atoms with Gasteiger partial charge in [-0.25, -0.2) is 9.97 Å². The van der Waals surface area contributed by atoms with E-state index < -0.39 is 5.41 Å². The lowest BCUT2D eigenvalue weighted by atomic mass is 9.67. The summed E-state index contributed by atoms with van der Waals surface area (Å²) in [5.41, 5.74) is 19.9. The van der Waals surface area contributed by atoms with E-state index >= 15 is 0 Å². The van der Waals surface area contributed by atoms with E-state index in [2.05, 4.69) is 229 Å². The van der Waals surface area contributed by atoms with Gasteiger partial charge >= 0.3 is 0 Å². The Labute approximate surface area is 394 Å². The van der Waals surface area contributed by atoms with E-state index in [9.17, 15) is 0 Å². The predicted molar refractivity (Wildman–Crippen MR) is 277 cm³/mol. The van der Waals surface area contributed by atoms with Crippen molar-refractivity contribution in [3.05, 3.63) is 271 Å². The van der Waals surface area contributed by atoms with Gasteiger partial charge in [-0.2, -0.15) is 0 Å². The summed E-state index contributed by atoms with van der Waals surface area (Å²) in [7, 11) is 0. The molecule has 0 saturated carbocycles. The standard InChI is InChI=1S/C64H41N3O/c1-4-14-42(15-5-1)48-36-49(44-32-34-65-35-33-44)38-50(37-48)63-66-59(45-26-24-43(25-27-45)46-29-31-62-56(39-46)55-21-11-13-23-61(55)68-62)41-60(67-63)47-28-30-54-53-20-10-12-22-57(53)64(58(54)40-47,51-16-6-2-7-17-51)52-18-8-3-9-19-52/h1-41H. The van der Waals surface area contributed by atoms with Crippen LogP contribution in [0.15, 0.2) is 253 Å². The van der Waals surface area contributed by atoms with Gasteiger partial charge in [0.25, 0.3) is 0 Å². The highest BCUT2D eigenvalue weighted by molar-refractivity contribution is 6.06. The van der Waals surface area contributed by atoms with Gasteiger partial charge in [-0.15, -0.1) is 0 Å². The minimum absolute atomic E-state index is 0.547. The van der Waals surface area contributed by atoms with Crippen molar-refractivity contribution in [2.24, 2.45) is 0 Å². The first kappa shape index (κ1) is 39.4. The zero-order valence-corrected chi connectivity index (χ0v) is 36.9. The molecule has 0 bridgehead atoms. The fourth-order valence-electron chi connectivity index (χ4n) is 10.5. The Balaban J connectivity index is 1.01. The van der Waals surface area contributed by atoms with E-state index in [1.165, 1.54) is 33.4 Å². The van der Waals surface area contributed by atoms with Crippen molar-refractivity contribution < 1.29 is 4.42 Å². The molecule has 0 saturated heterocycles. The molecule has 0 amide bonds. The largest absolute Gasteiger partial charge is 0.456 e. The second-order valence-corrected chi connectivity index (χ2v) is 17.5. The van der Waals surface area contributed by atoms with Gasteiger partial charge in [0, 0.05) is 39.9 Å². The van der Waals surface area contributed by atoms with Crippen LogP contribution in [0.3, 0.4) is 0 Å². The first-order chi connectivity index (χ1) is 33.7. The normalized spacial score (nSPS) is 12.5. The molecule has 318 valence electrons. The van der Waals surface area contributed by atoms with Crippen LogP contribution < -0.4 is 0 Å². The molecule has 0 fully saturated rings. The Morgan fingerprint density at radius 2 is 0.838 bits per heavy atom. The summed E-state index contributed by atoms with van der Waals surface area (Å²) in [5, 5.41) is 2.22. The van der Waals surface area contributed by atoms with E-state index in [1.54, 1.807) is 0 Å². The number of pyridine rings is 1. The van der Waals surface area contributed by atoms with Crippen molar-refractivity contribution in [1.29, 1.82) is 0 Å². The summed E-state index contributed by atoms with van der Waals surface area (Å²) in [5.74, 6) is 0.646. The monoisotopic (exact) mass is 867 g/mol. The highest BCUT2D eigenvalue weighted by Gasteiger charge is 2.46. The van der Waals surface area contributed by atoms with Crippen molar-refractivity contribution >= 4 is 21.9 Å². The average molecular weight is 868 g/mol. The Morgan fingerprint density at radius 3 is 1.57 bits per heavy atom. The quantitative estimate of drug-likeness (QED) is 0.153. The number of fused-ring (bicyclic) bond motifs is 6. The van der Waals surface area contributed by atoms with Crippen LogP contribution in [-0.4, -0.2) is 15.0 Å². The average Bonchev–Trinajstić information content (AvgIpc) is 3.95. The van der Waals surface area contributed by atoms with Crippen LogP contribution in [0.1, 0.15) is 22.3 Å². The Bertz CT molecular complexity index is 3730. The van der Waals surface area contributed by atoms with Crippen molar-refractivity contribution in [2.75, 3.05) is 0 Å². The second kappa shape index (κ2) is 16.2. The van der Waals surface area contributed by atoms with Crippen LogP contribution in [0, 0.1) is 0 Å². The van der Waals surface area contributed by atoms with Gasteiger partial charge in [0.1, 0.15) is 11.2 Å². The highest BCUT2D eigenvalue weighted by atomic mass is 16.3. The maximum Gasteiger partial charge on any atom is 0.160 e. The van der Waals surface area contributed by atoms with Gasteiger partial charge in [-0.3, -0.25) is 4.98 Å². The SMILES string of the molecule is c1ccc(-c2cc(-c3ccncc3)cc(-c3nc(-c4ccc(-c5ccc6oc7ccccc7c6c5)cc4)cc(-c4ccc5c(c4)C(c4ccccc4)(c4ccccc4)c4ccccc4-5)n3)c2)cc1. The minimum Gasteiger partial charge on any atom is -0.456 e. The van der Waals surface area contributed by atoms with Crippen LogP contribution >= 0.6 is 0 Å². The first-order valence-electron chi connectivity index (χ1n) is 23.1. The third-order valence-electron chi connectivity index (χ3n) is 13.7. The van der Waals surface area contributed by atoms with Gasteiger partial charge in [0.05, 0.1) is 16.8 Å². The third kappa shape index (κ3) is 6.57. The lowest BCUT2D eigenvalue weighted by Gasteiger charge is -2.34. The van der Waals surface area contributed by atoms with E-state index in [0.29, 0.717) is 5.82 Å². The van der Waals surface area contributed by atoms with Crippen LogP contribution in [0.5, 0.6) is 0 Å². The molecule has 0 atom stereocenters. The molecular formula is C64H41N3O. The lowest BCUT2D eigenvalue weighted by molar-refractivity contribution is 0.669. The van der Waals surface area contributed by atoms with E-state index in [0.717, 1.165) is 83.4 Å². The number of nitrogens with zero attached hydrogens (tertiary/aromatic N) is 3. The molecule has 3 heterocycles. The molecule has 1 aliphatic carbocycles. The van der Waals surface area contributed by atoms with Crippen LogP contribution in [0.25, 0.3) is 100 Å². The molecule has 3 aromatic heterocycles. The molecule has 12 aromatic rings. The smallest absolute Gasteiger partial charge is 0.160 e. The first-order valence-corrected chi connectivity index (χ1v) is 23.1.